The number of fused-ring (bicyclic) bond motifs is 2. The number of nitrogens with one attached hydrogen (secondary N) is 1. The number of aliphatic carboxylic acids is 1. The smallest absolute Gasteiger partial charge is 0.480 e. The summed E-state index contributed by atoms with van der Waals surface area (Å²) in [6.07, 6.45) is -8.76. The average molecular weight is 863 g/mol. The van der Waals surface area contributed by atoms with Gasteiger partial charge in [0.05, 0.1) is 23.2 Å². The number of carbonyl (C=O) groups excluding carboxylic acids is 1. The third-order valence-electron chi connectivity index (χ3n) is 9.31. The van der Waals surface area contributed by atoms with Crippen LogP contribution in [0.1, 0.15) is 12.8 Å². The number of carbonyl (C=O) groups is 2. The van der Waals surface area contributed by atoms with Crippen LogP contribution in [0.2, 0.25) is 0 Å². The summed E-state index contributed by atoms with van der Waals surface area (Å²) >= 11 is 0. The normalized spacial score (nSPS) is 16.5. The molecule has 8 rings (SSSR count). The summed E-state index contributed by atoms with van der Waals surface area (Å²) in [5, 5.41) is 30.2. The predicted octanol–water partition coefficient (Wildman–Crippen LogP) is 5.34. The Morgan fingerprint density at radius 2 is 1.13 bits per heavy atom. The van der Waals surface area contributed by atoms with Crippen molar-refractivity contribution in [3.05, 3.63) is 106 Å². The van der Waals surface area contributed by atoms with E-state index in [0.717, 1.165) is 36.2 Å². The van der Waals surface area contributed by atoms with Gasteiger partial charge in [-0.2, -0.15) is 0 Å². The Bertz CT molecular complexity index is 2590. The zero-order valence-corrected chi connectivity index (χ0v) is 31.6. The highest BCUT2D eigenvalue weighted by Gasteiger charge is 2.32. The number of amides is 1. The van der Waals surface area contributed by atoms with Crippen LogP contribution in [0.3, 0.4) is 0 Å². The van der Waals surface area contributed by atoms with Gasteiger partial charge in [0.1, 0.15) is 24.6 Å². The highest BCUT2D eigenvalue weighted by Crippen LogP contribution is 2.30. The van der Waals surface area contributed by atoms with E-state index in [0.29, 0.717) is 40.7 Å². The van der Waals surface area contributed by atoms with Gasteiger partial charge in [0.25, 0.3) is 0 Å². The van der Waals surface area contributed by atoms with E-state index in [1.165, 1.54) is 58.0 Å². The number of halogens is 6. The first-order valence-corrected chi connectivity index (χ1v) is 18.4. The predicted molar refractivity (Wildman–Crippen MR) is 204 cm³/mol. The van der Waals surface area contributed by atoms with Gasteiger partial charge in [-0.15, -0.1) is 26.3 Å². The van der Waals surface area contributed by atoms with Crippen LogP contribution in [0.15, 0.2) is 103 Å². The number of β-amino-alcohol motifs (C(OH)–C–C–N with tert-alkyl or cyclic N) is 2. The van der Waals surface area contributed by atoms with Gasteiger partial charge in [-0.05, 0) is 90.2 Å². The summed E-state index contributed by atoms with van der Waals surface area (Å²) in [5.74, 6) is -3.71. The molecule has 0 unspecified atom stereocenters. The Balaban J connectivity index is 0.000000181. The molecular formula is C40H36F6N4O11. The van der Waals surface area contributed by atoms with Crippen molar-refractivity contribution in [3.63, 3.8) is 0 Å². The maximum atomic E-state index is 12.5. The molecule has 21 heteroatoms. The van der Waals surface area contributed by atoms with Gasteiger partial charge < -0.3 is 43.8 Å². The van der Waals surface area contributed by atoms with Gasteiger partial charge in [0, 0.05) is 19.6 Å². The van der Waals surface area contributed by atoms with Gasteiger partial charge in [-0.1, -0.05) is 36.4 Å². The third-order valence-corrected chi connectivity index (χ3v) is 9.31. The van der Waals surface area contributed by atoms with Crippen LogP contribution in [0.25, 0.3) is 44.5 Å². The van der Waals surface area contributed by atoms with Gasteiger partial charge in [0.15, 0.2) is 11.2 Å². The number of carboxylic acids is 1. The summed E-state index contributed by atoms with van der Waals surface area (Å²) in [7, 11) is 0. The largest absolute Gasteiger partial charge is 0.573 e. The van der Waals surface area contributed by atoms with Crippen LogP contribution in [0.4, 0.5) is 26.3 Å². The summed E-state index contributed by atoms with van der Waals surface area (Å²) in [5.41, 5.74) is 3.53. The van der Waals surface area contributed by atoms with Crippen LogP contribution in [0.5, 0.6) is 11.5 Å². The molecule has 2 saturated heterocycles. The van der Waals surface area contributed by atoms with Gasteiger partial charge in [-0.25, -0.2) is 9.59 Å². The molecule has 2 aromatic heterocycles. The standard InChI is InChI=1S/C20H17F3N2O5.C16H10F3NO5.C4H9NO/c21-20(22,23)30-15-4-1-12(2-5-15)13-3-6-17-16(9-13)25(19(28)29-17)11-18(27)24-8-7-14(26)10-24;17-16(18,19)25-11-4-1-9(2-5-11)10-3-6-13-12(7-10)20(8-14(21)22)15(23)24-13;6-4-1-2-5-3-4/h1-6,9,14,26H,7-8,10-11H2;1-7H,8H2,(H,21,22);4-6H,1-3H2/t14-;;4-/m0.0/s1. The summed E-state index contributed by atoms with van der Waals surface area (Å²) in [4.78, 5) is 48.8. The second-order valence-corrected chi connectivity index (χ2v) is 13.7. The van der Waals surface area contributed by atoms with Crippen molar-refractivity contribution < 1.29 is 69.6 Å². The molecule has 2 aliphatic rings. The lowest BCUT2D eigenvalue weighted by molar-refractivity contribution is -0.275. The molecule has 2 fully saturated rings. The van der Waals surface area contributed by atoms with E-state index < -0.39 is 42.9 Å². The third kappa shape index (κ3) is 11.8. The number of alkyl halides is 6. The molecule has 2 aliphatic heterocycles. The molecule has 0 spiro atoms. The number of hydrogen-bond donors (Lipinski definition) is 4. The molecule has 2 atom stereocenters. The van der Waals surface area contributed by atoms with Gasteiger partial charge in [0.2, 0.25) is 5.91 Å². The lowest BCUT2D eigenvalue weighted by atomic mass is 10.1. The van der Waals surface area contributed by atoms with E-state index in [1.807, 2.05) is 0 Å². The minimum absolute atomic E-state index is 0.0648. The zero-order chi connectivity index (χ0) is 44.1. The van der Waals surface area contributed by atoms with Crippen molar-refractivity contribution in [1.29, 1.82) is 0 Å². The SMILES string of the molecule is O=C(Cn1c(=O)oc2ccc(-c3ccc(OC(F)(F)F)cc3)cc21)N1CC[C@H](O)C1.O=C(O)Cn1c(=O)oc2ccc(-c3ccc(OC(F)(F)F)cc3)cc21.O[C@H]1CCNC1. The van der Waals surface area contributed by atoms with Crippen LogP contribution in [-0.2, 0) is 22.7 Å². The number of aliphatic hydroxyl groups excluding tert-OH is 2. The molecule has 0 radical (unpaired) electrons. The van der Waals surface area contributed by atoms with E-state index in [1.54, 1.807) is 24.3 Å². The van der Waals surface area contributed by atoms with Crippen molar-refractivity contribution >= 4 is 34.1 Å². The molecule has 0 saturated carbocycles. The molecule has 4 heterocycles. The Labute approximate surface area is 339 Å². The van der Waals surface area contributed by atoms with Gasteiger partial charge in [-0.3, -0.25) is 18.7 Å². The van der Waals surface area contributed by atoms with Crippen molar-refractivity contribution in [1.82, 2.24) is 19.4 Å². The Morgan fingerprint density at radius 3 is 1.49 bits per heavy atom. The summed E-state index contributed by atoms with van der Waals surface area (Å²) in [6, 6.07) is 19.9. The molecule has 0 bridgehead atoms. The molecule has 324 valence electrons. The highest BCUT2D eigenvalue weighted by atomic mass is 19.4. The molecule has 1 amide bonds. The van der Waals surface area contributed by atoms with E-state index in [2.05, 4.69) is 14.8 Å². The molecular weight excluding hydrogens is 826 g/mol. The van der Waals surface area contributed by atoms with Crippen molar-refractivity contribution in [2.75, 3.05) is 26.2 Å². The maximum Gasteiger partial charge on any atom is 0.573 e. The maximum absolute atomic E-state index is 12.5. The van der Waals surface area contributed by atoms with E-state index in [9.17, 15) is 50.6 Å². The fourth-order valence-corrected chi connectivity index (χ4v) is 6.46. The lowest BCUT2D eigenvalue weighted by Gasteiger charge is -2.15. The molecule has 4 N–H and O–H groups in total. The van der Waals surface area contributed by atoms with Crippen LogP contribution >= 0.6 is 0 Å². The van der Waals surface area contributed by atoms with Crippen molar-refractivity contribution in [2.24, 2.45) is 0 Å². The van der Waals surface area contributed by atoms with Gasteiger partial charge >= 0.3 is 30.2 Å². The molecule has 61 heavy (non-hydrogen) atoms. The first kappa shape index (κ1) is 44.0. The van der Waals surface area contributed by atoms with Crippen LogP contribution < -0.4 is 26.3 Å². The van der Waals surface area contributed by atoms with Crippen LogP contribution in [-0.4, -0.2) is 92.3 Å². The number of nitrogens with zero attached hydrogens (tertiary/aromatic N) is 3. The number of aromatic nitrogens is 2. The number of rotatable bonds is 8. The second-order valence-electron chi connectivity index (χ2n) is 13.7. The summed E-state index contributed by atoms with van der Waals surface area (Å²) in [6.45, 7) is 1.62. The topological polar surface area (TPSA) is 199 Å². The number of hydrogen-bond acceptors (Lipinski definition) is 11. The average Bonchev–Trinajstić information content (AvgIpc) is 3.98. The van der Waals surface area contributed by atoms with E-state index in [-0.39, 0.29) is 53.3 Å². The minimum Gasteiger partial charge on any atom is -0.480 e. The fourth-order valence-electron chi connectivity index (χ4n) is 6.46. The number of likely N-dealkylation sites (tertiary alicyclic amines) is 1. The highest BCUT2D eigenvalue weighted by molar-refractivity contribution is 5.84. The molecule has 6 aromatic rings. The fraction of sp³-hybridized carbons (Fsp3) is 0.300. The Morgan fingerprint density at radius 1 is 0.672 bits per heavy atom. The quantitative estimate of drug-likeness (QED) is 0.144. The number of carboxylic acid groups (broad SMARTS) is 1. The van der Waals surface area contributed by atoms with E-state index >= 15 is 0 Å². The number of benzene rings is 4. The number of oxazole rings is 2. The zero-order valence-electron chi connectivity index (χ0n) is 31.6. The molecule has 0 aliphatic carbocycles. The Kier molecular flexibility index (Phi) is 13.2. The Hall–Kier alpha value is -6.58. The number of aliphatic hydroxyl groups is 2. The van der Waals surface area contributed by atoms with Crippen LogP contribution in [0, 0.1) is 0 Å². The lowest BCUT2D eigenvalue weighted by Crippen LogP contribution is -2.34. The monoisotopic (exact) mass is 862 g/mol. The first-order chi connectivity index (χ1) is 28.8. The second kappa shape index (κ2) is 18.4. The molecule has 15 nitrogen and oxygen atoms in total. The van der Waals surface area contributed by atoms with Crippen molar-refractivity contribution in [3.8, 4) is 33.8 Å². The first-order valence-electron chi connectivity index (χ1n) is 18.4. The number of ether oxygens (including phenoxy) is 2. The molecule has 4 aromatic carbocycles. The summed E-state index contributed by atoms with van der Waals surface area (Å²) < 4.78 is 93.5. The van der Waals surface area contributed by atoms with Crippen molar-refractivity contribution in [2.45, 2.75) is 50.9 Å². The minimum atomic E-state index is -4.77. The van der Waals surface area contributed by atoms with E-state index in [4.69, 9.17) is 19.0 Å².